The SMILES string of the molecule is CC.CC.CCOC=O.Cc1cc(CC(=O)N2CCC(N3CCOCC3)CC2)[nH]c1C(=O)OC(C)C. The number of aromatic nitrogens is 1. The molecule has 0 aliphatic carbocycles. The standard InChI is InChI=1S/C20H31N3O4.C3H6O2.2C2H6/c1-14(2)27-20(25)19-15(3)12-16(21-19)13-18(24)23-6-4-17(5-7-23)22-8-10-26-11-9-22;1-2-5-3-4;2*1-2/h12,14,17,21H,4-11,13H2,1-3H3;3H,2H2,1H3;2*1-2H3. The fraction of sp³-hybridized carbons (Fsp3) is 0.741. The van der Waals surface area contributed by atoms with Crippen molar-refractivity contribution in [2.24, 2.45) is 0 Å². The molecule has 0 radical (unpaired) electrons. The maximum absolute atomic E-state index is 12.7. The number of hydrogen-bond donors (Lipinski definition) is 1. The summed E-state index contributed by atoms with van der Waals surface area (Å²) in [5.41, 5.74) is 2.02. The number of ether oxygens (including phenoxy) is 3. The quantitative estimate of drug-likeness (QED) is 0.436. The van der Waals surface area contributed by atoms with E-state index in [0.717, 1.165) is 63.5 Å². The Bertz CT molecular complexity index is 736. The molecule has 1 amide bonds. The number of aromatic amines is 1. The largest absolute Gasteiger partial charge is 0.468 e. The van der Waals surface area contributed by atoms with Crippen LogP contribution in [0.5, 0.6) is 0 Å². The molecular weight excluding hydrogens is 462 g/mol. The van der Waals surface area contributed by atoms with Gasteiger partial charge in [-0.3, -0.25) is 14.5 Å². The van der Waals surface area contributed by atoms with Crippen molar-refractivity contribution in [1.29, 1.82) is 0 Å². The zero-order valence-corrected chi connectivity index (χ0v) is 23.7. The molecule has 1 N–H and O–H groups in total. The number of carbonyl (C=O) groups excluding carboxylic acids is 3. The average molecular weight is 512 g/mol. The predicted molar refractivity (Wildman–Crippen MR) is 142 cm³/mol. The van der Waals surface area contributed by atoms with E-state index in [-0.39, 0.29) is 24.4 Å². The Kier molecular flexibility index (Phi) is 18.4. The first-order valence-electron chi connectivity index (χ1n) is 13.4. The molecule has 9 heteroatoms. The Morgan fingerprint density at radius 2 is 1.69 bits per heavy atom. The molecule has 0 spiro atoms. The lowest BCUT2D eigenvalue weighted by molar-refractivity contribution is -0.132. The predicted octanol–water partition coefficient (Wildman–Crippen LogP) is 3.99. The van der Waals surface area contributed by atoms with Gasteiger partial charge >= 0.3 is 5.97 Å². The molecule has 2 saturated heterocycles. The van der Waals surface area contributed by atoms with E-state index in [1.807, 2.05) is 59.4 Å². The van der Waals surface area contributed by atoms with Crippen LogP contribution in [0.1, 0.15) is 83.1 Å². The second-order valence-electron chi connectivity index (χ2n) is 8.30. The van der Waals surface area contributed by atoms with Crippen LogP contribution in [0, 0.1) is 6.92 Å². The third-order valence-corrected chi connectivity index (χ3v) is 5.57. The average Bonchev–Trinajstić information content (AvgIpc) is 3.27. The van der Waals surface area contributed by atoms with Crippen LogP contribution in [-0.4, -0.2) is 91.3 Å². The molecule has 1 aromatic heterocycles. The third-order valence-electron chi connectivity index (χ3n) is 5.57. The molecule has 0 aromatic carbocycles. The highest BCUT2D eigenvalue weighted by Gasteiger charge is 2.28. The first-order valence-corrected chi connectivity index (χ1v) is 13.4. The van der Waals surface area contributed by atoms with E-state index >= 15 is 0 Å². The molecule has 3 rings (SSSR count). The van der Waals surface area contributed by atoms with Gasteiger partial charge in [-0.15, -0.1) is 0 Å². The van der Waals surface area contributed by atoms with Crippen molar-refractivity contribution in [2.45, 2.75) is 86.8 Å². The third kappa shape index (κ3) is 12.0. The molecule has 3 heterocycles. The van der Waals surface area contributed by atoms with Crippen molar-refractivity contribution in [1.82, 2.24) is 14.8 Å². The number of hydrogen-bond acceptors (Lipinski definition) is 7. The van der Waals surface area contributed by atoms with E-state index in [4.69, 9.17) is 9.47 Å². The van der Waals surface area contributed by atoms with Gasteiger partial charge in [0, 0.05) is 37.9 Å². The summed E-state index contributed by atoms with van der Waals surface area (Å²) >= 11 is 0. The molecule has 2 aliphatic heterocycles. The Labute approximate surface area is 217 Å². The fourth-order valence-electron chi connectivity index (χ4n) is 3.97. The van der Waals surface area contributed by atoms with Crippen LogP contribution in [0.4, 0.5) is 0 Å². The number of nitrogens with one attached hydrogen (secondary N) is 1. The topological polar surface area (TPSA) is 101 Å². The number of rotatable bonds is 7. The van der Waals surface area contributed by atoms with Gasteiger partial charge in [-0.25, -0.2) is 4.79 Å². The summed E-state index contributed by atoms with van der Waals surface area (Å²) in [6.07, 6.45) is 2.15. The molecule has 0 saturated carbocycles. The number of nitrogens with zero attached hydrogens (tertiary/aromatic N) is 2. The highest BCUT2D eigenvalue weighted by molar-refractivity contribution is 5.89. The molecular formula is C27H49N3O6. The van der Waals surface area contributed by atoms with Crippen LogP contribution in [-0.2, 0) is 30.2 Å². The number of aryl methyl sites for hydroxylation is 1. The number of H-pyrrole nitrogens is 1. The van der Waals surface area contributed by atoms with Crippen molar-refractivity contribution in [3.8, 4) is 0 Å². The molecule has 208 valence electrons. The van der Waals surface area contributed by atoms with Crippen LogP contribution >= 0.6 is 0 Å². The summed E-state index contributed by atoms with van der Waals surface area (Å²) in [7, 11) is 0. The molecule has 2 fully saturated rings. The molecule has 0 unspecified atom stereocenters. The van der Waals surface area contributed by atoms with Crippen molar-refractivity contribution < 1.29 is 28.6 Å². The van der Waals surface area contributed by atoms with Gasteiger partial charge in [0.2, 0.25) is 5.91 Å². The first-order chi connectivity index (χ1) is 17.3. The maximum Gasteiger partial charge on any atom is 0.355 e. The van der Waals surface area contributed by atoms with Gasteiger partial charge in [0.1, 0.15) is 5.69 Å². The lowest BCUT2D eigenvalue weighted by Gasteiger charge is -2.40. The van der Waals surface area contributed by atoms with Crippen LogP contribution < -0.4 is 0 Å². The van der Waals surface area contributed by atoms with Crippen LogP contribution in [0.15, 0.2) is 6.07 Å². The number of esters is 1. The highest BCUT2D eigenvalue weighted by Crippen LogP contribution is 2.19. The monoisotopic (exact) mass is 511 g/mol. The Hall–Kier alpha value is -2.39. The number of likely N-dealkylation sites (tertiary alicyclic amines) is 1. The molecule has 36 heavy (non-hydrogen) atoms. The smallest absolute Gasteiger partial charge is 0.355 e. The van der Waals surface area contributed by atoms with Crippen molar-refractivity contribution in [3.05, 3.63) is 23.0 Å². The Morgan fingerprint density at radius 1 is 1.11 bits per heavy atom. The second kappa shape index (κ2) is 19.8. The minimum absolute atomic E-state index is 0.112. The lowest BCUT2D eigenvalue weighted by atomic mass is 10.0. The molecule has 0 bridgehead atoms. The molecule has 1 aromatic rings. The number of carbonyl (C=O) groups is 3. The summed E-state index contributed by atoms with van der Waals surface area (Å²) in [6, 6.07) is 2.43. The lowest BCUT2D eigenvalue weighted by Crippen LogP contribution is -2.50. The van der Waals surface area contributed by atoms with E-state index in [1.165, 1.54) is 0 Å². The summed E-state index contributed by atoms with van der Waals surface area (Å²) in [5, 5.41) is 0. The van der Waals surface area contributed by atoms with E-state index in [2.05, 4.69) is 14.6 Å². The fourth-order valence-corrected chi connectivity index (χ4v) is 3.97. The summed E-state index contributed by atoms with van der Waals surface area (Å²) in [5.74, 6) is -0.257. The van der Waals surface area contributed by atoms with Gasteiger partial charge in [0.25, 0.3) is 6.47 Å². The number of morpholine rings is 1. The zero-order chi connectivity index (χ0) is 27.5. The molecule has 0 atom stereocenters. The Balaban J connectivity index is 0.00000119. The van der Waals surface area contributed by atoms with Gasteiger partial charge in [-0.05, 0) is 52.2 Å². The van der Waals surface area contributed by atoms with Crippen LogP contribution in [0.3, 0.4) is 0 Å². The molecule has 2 aliphatic rings. The van der Waals surface area contributed by atoms with Gasteiger partial charge in [-0.1, -0.05) is 27.7 Å². The zero-order valence-electron chi connectivity index (χ0n) is 23.7. The van der Waals surface area contributed by atoms with Crippen molar-refractivity contribution >= 4 is 18.3 Å². The van der Waals surface area contributed by atoms with Gasteiger partial charge in [0.05, 0.1) is 32.3 Å². The summed E-state index contributed by atoms with van der Waals surface area (Å²) in [6.45, 7) is 21.4. The van der Waals surface area contributed by atoms with Crippen molar-refractivity contribution in [3.63, 3.8) is 0 Å². The van der Waals surface area contributed by atoms with E-state index < -0.39 is 0 Å². The Morgan fingerprint density at radius 3 is 2.17 bits per heavy atom. The highest BCUT2D eigenvalue weighted by atomic mass is 16.5. The number of piperidine rings is 1. The number of amides is 1. The van der Waals surface area contributed by atoms with Crippen LogP contribution in [0.25, 0.3) is 0 Å². The van der Waals surface area contributed by atoms with E-state index in [1.54, 1.807) is 6.92 Å². The van der Waals surface area contributed by atoms with Gasteiger partial charge in [-0.2, -0.15) is 0 Å². The van der Waals surface area contributed by atoms with Crippen LogP contribution in [0.2, 0.25) is 0 Å². The minimum atomic E-state index is -0.368. The van der Waals surface area contributed by atoms with E-state index in [9.17, 15) is 14.4 Å². The summed E-state index contributed by atoms with van der Waals surface area (Å²) < 4.78 is 14.8. The normalized spacial score (nSPS) is 15.9. The first kappa shape index (κ1) is 33.6. The second-order valence-corrected chi connectivity index (χ2v) is 8.30. The minimum Gasteiger partial charge on any atom is -0.468 e. The summed E-state index contributed by atoms with van der Waals surface area (Å²) in [4.78, 5) is 41.5. The van der Waals surface area contributed by atoms with Crippen molar-refractivity contribution in [2.75, 3.05) is 46.0 Å². The molecule has 9 nitrogen and oxygen atoms in total. The van der Waals surface area contributed by atoms with E-state index in [0.29, 0.717) is 24.8 Å². The van der Waals surface area contributed by atoms with Gasteiger partial charge in [0.15, 0.2) is 0 Å². The maximum atomic E-state index is 12.7. The van der Waals surface area contributed by atoms with Gasteiger partial charge < -0.3 is 24.1 Å².